The normalized spacial score (nSPS) is 9.67. The minimum Gasteiger partial charge on any atom is -0.291 e. The Kier molecular flexibility index (Phi) is 5.51. The van der Waals surface area contributed by atoms with Gasteiger partial charge in [0.25, 0.3) is 0 Å². The van der Waals surface area contributed by atoms with Crippen molar-refractivity contribution in [1.29, 1.82) is 0 Å². The molecule has 0 unspecified atom stereocenters. The highest BCUT2D eigenvalue weighted by Crippen LogP contribution is 1.87. The fourth-order valence-corrected chi connectivity index (χ4v) is 1.30. The molecule has 0 aromatic heterocycles. The van der Waals surface area contributed by atoms with Crippen molar-refractivity contribution in [3.05, 3.63) is 0 Å². The molecule has 0 aliphatic carbocycles. The second-order valence-corrected chi connectivity index (χ2v) is 2.70. The number of nitrogens with zero attached hydrogens (tertiary/aromatic N) is 2. The van der Waals surface area contributed by atoms with Crippen LogP contribution in [0.2, 0.25) is 0 Å². The first-order chi connectivity index (χ1) is 5.71. The molecular formula is C9H22N3+. The van der Waals surface area contributed by atoms with E-state index in [1.54, 1.807) is 0 Å². The van der Waals surface area contributed by atoms with Gasteiger partial charge in [-0.25, -0.2) is 0 Å². The zero-order valence-electron chi connectivity index (χ0n) is 8.80. The lowest BCUT2D eigenvalue weighted by Crippen LogP contribution is -2.44. The summed E-state index contributed by atoms with van der Waals surface area (Å²) >= 11 is 0. The van der Waals surface area contributed by atoms with Crippen molar-refractivity contribution in [3.8, 4) is 0 Å². The van der Waals surface area contributed by atoms with Crippen LogP contribution in [0.3, 0.4) is 0 Å². The van der Waals surface area contributed by atoms with Crippen LogP contribution in [0.25, 0.3) is 0 Å². The number of rotatable bonds is 4. The molecular weight excluding hydrogens is 150 g/mol. The Morgan fingerprint density at radius 3 is 1.75 bits per heavy atom. The third kappa shape index (κ3) is 2.72. The van der Waals surface area contributed by atoms with E-state index in [1.165, 1.54) is 0 Å². The summed E-state index contributed by atoms with van der Waals surface area (Å²) in [5.41, 5.74) is 5.97. The molecule has 0 spiro atoms. The van der Waals surface area contributed by atoms with Gasteiger partial charge in [0.1, 0.15) is 0 Å². The second-order valence-electron chi connectivity index (χ2n) is 2.70. The van der Waals surface area contributed by atoms with Crippen molar-refractivity contribution in [1.82, 2.24) is 4.90 Å². The Labute approximate surface area is 75.9 Å². The van der Waals surface area contributed by atoms with Gasteiger partial charge in [0, 0.05) is 0 Å². The monoisotopic (exact) mass is 172 g/mol. The van der Waals surface area contributed by atoms with Crippen molar-refractivity contribution >= 4 is 5.96 Å². The Hall–Kier alpha value is -0.730. The van der Waals surface area contributed by atoms with Gasteiger partial charge >= 0.3 is 5.96 Å². The Balaban J connectivity index is 4.46. The number of nitrogens with two attached hydrogens (primary N) is 1. The quantitative estimate of drug-likeness (QED) is 0.384. The number of guanidine groups is 1. The SMILES string of the molecule is CCN(CC)C(N)=[N+](CC)CC. The first kappa shape index (κ1) is 11.3. The topological polar surface area (TPSA) is 32.3 Å². The van der Waals surface area contributed by atoms with Gasteiger partial charge in [-0.3, -0.25) is 15.2 Å². The van der Waals surface area contributed by atoms with Crippen LogP contribution in [0.1, 0.15) is 27.7 Å². The Morgan fingerprint density at radius 1 is 1.08 bits per heavy atom. The van der Waals surface area contributed by atoms with Crippen molar-refractivity contribution in [3.63, 3.8) is 0 Å². The maximum atomic E-state index is 5.97. The first-order valence-electron chi connectivity index (χ1n) is 4.83. The van der Waals surface area contributed by atoms with E-state index in [-0.39, 0.29) is 0 Å². The molecule has 0 aromatic carbocycles. The maximum Gasteiger partial charge on any atom is 0.345 e. The Morgan fingerprint density at radius 2 is 1.50 bits per heavy atom. The van der Waals surface area contributed by atoms with Gasteiger partial charge in [-0.05, 0) is 27.7 Å². The molecule has 0 bridgehead atoms. The van der Waals surface area contributed by atoms with E-state index < -0.39 is 0 Å². The fourth-order valence-electron chi connectivity index (χ4n) is 1.30. The van der Waals surface area contributed by atoms with Gasteiger partial charge < -0.3 is 0 Å². The van der Waals surface area contributed by atoms with Gasteiger partial charge in [-0.15, -0.1) is 0 Å². The summed E-state index contributed by atoms with van der Waals surface area (Å²) in [6.45, 7) is 12.4. The van der Waals surface area contributed by atoms with Crippen molar-refractivity contribution < 1.29 is 4.58 Å². The van der Waals surface area contributed by atoms with Crippen LogP contribution in [-0.2, 0) is 0 Å². The summed E-state index contributed by atoms with van der Waals surface area (Å²) in [4.78, 5) is 2.17. The standard InChI is InChI=1S/C9H21N3/c1-5-11(6-2)9(10)12(7-3)8-4/h10H,5-8H2,1-4H3/p+1. The Bertz CT molecular complexity index is 142. The number of hydrogen-bond acceptors (Lipinski definition) is 0. The summed E-state index contributed by atoms with van der Waals surface area (Å²) in [6, 6.07) is 0. The highest BCUT2D eigenvalue weighted by Gasteiger charge is 2.12. The lowest BCUT2D eigenvalue weighted by Gasteiger charge is -2.16. The highest BCUT2D eigenvalue weighted by atomic mass is 15.3. The average Bonchev–Trinajstić information content (AvgIpc) is 2.09. The van der Waals surface area contributed by atoms with E-state index in [9.17, 15) is 0 Å². The molecule has 12 heavy (non-hydrogen) atoms. The predicted octanol–water partition coefficient (Wildman–Crippen LogP) is 0.695. The zero-order chi connectivity index (χ0) is 9.56. The van der Waals surface area contributed by atoms with Crippen LogP contribution in [0.15, 0.2) is 0 Å². The molecule has 0 aliphatic heterocycles. The molecule has 0 saturated carbocycles. The van der Waals surface area contributed by atoms with Crippen LogP contribution in [0, 0.1) is 0 Å². The minimum absolute atomic E-state index is 0.907. The molecule has 0 aromatic rings. The van der Waals surface area contributed by atoms with Crippen molar-refractivity contribution in [2.24, 2.45) is 5.73 Å². The summed E-state index contributed by atoms with van der Waals surface area (Å²) in [7, 11) is 0. The van der Waals surface area contributed by atoms with Crippen LogP contribution >= 0.6 is 0 Å². The molecule has 0 amide bonds. The van der Waals surface area contributed by atoms with Gasteiger partial charge in [-0.1, -0.05) is 0 Å². The lowest BCUT2D eigenvalue weighted by molar-refractivity contribution is -0.526. The molecule has 2 N–H and O–H groups in total. The third-order valence-electron chi connectivity index (χ3n) is 2.17. The summed E-state index contributed by atoms with van der Waals surface area (Å²) < 4.78 is 2.17. The van der Waals surface area contributed by atoms with Crippen LogP contribution in [-0.4, -0.2) is 41.6 Å². The molecule has 0 fully saturated rings. The minimum atomic E-state index is 0.907. The molecule has 72 valence electrons. The molecule has 0 radical (unpaired) electrons. The van der Waals surface area contributed by atoms with E-state index in [0.717, 1.165) is 32.1 Å². The molecule has 0 aliphatic rings. The van der Waals surface area contributed by atoms with Gasteiger partial charge in [-0.2, -0.15) is 0 Å². The van der Waals surface area contributed by atoms with Crippen LogP contribution < -0.4 is 5.73 Å². The van der Waals surface area contributed by atoms with Crippen molar-refractivity contribution in [2.45, 2.75) is 27.7 Å². The maximum absolute atomic E-state index is 5.97. The van der Waals surface area contributed by atoms with E-state index in [0.29, 0.717) is 0 Å². The molecule has 0 rings (SSSR count). The lowest BCUT2D eigenvalue weighted by atomic mass is 10.5. The molecule has 0 heterocycles. The first-order valence-corrected chi connectivity index (χ1v) is 4.83. The summed E-state index contributed by atoms with van der Waals surface area (Å²) in [6.07, 6.45) is 0. The zero-order valence-corrected chi connectivity index (χ0v) is 8.80. The summed E-state index contributed by atoms with van der Waals surface area (Å²) in [5, 5.41) is 0. The van der Waals surface area contributed by atoms with Gasteiger partial charge in [0.2, 0.25) is 0 Å². The number of hydrogen-bond donors (Lipinski definition) is 1. The van der Waals surface area contributed by atoms with Crippen molar-refractivity contribution in [2.75, 3.05) is 26.2 Å². The average molecular weight is 172 g/mol. The molecule has 0 atom stereocenters. The van der Waals surface area contributed by atoms with E-state index in [1.807, 2.05) is 0 Å². The van der Waals surface area contributed by atoms with Crippen LogP contribution in [0.4, 0.5) is 0 Å². The second kappa shape index (κ2) is 5.86. The van der Waals surface area contributed by atoms with Gasteiger partial charge in [0.05, 0.1) is 26.2 Å². The molecule has 3 heteroatoms. The van der Waals surface area contributed by atoms with E-state index in [2.05, 4.69) is 37.2 Å². The van der Waals surface area contributed by atoms with E-state index >= 15 is 0 Å². The van der Waals surface area contributed by atoms with Gasteiger partial charge in [0.15, 0.2) is 0 Å². The fraction of sp³-hybridized carbons (Fsp3) is 0.889. The molecule has 0 saturated heterocycles. The molecule has 3 nitrogen and oxygen atoms in total. The van der Waals surface area contributed by atoms with E-state index in [4.69, 9.17) is 5.73 Å². The largest absolute Gasteiger partial charge is 0.345 e. The smallest absolute Gasteiger partial charge is 0.291 e. The highest BCUT2D eigenvalue weighted by molar-refractivity contribution is 5.72. The predicted molar refractivity (Wildman–Crippen MR) is 53.5 cm³/mol. The summed E-state index contributed by atoms with van der Waals surface area (Å²) in [5.74, 6) is 0.907. The van der Waals surface area contributed by atoms with Crippen LogP contribution in [0.5, 0.6) is 0 Å². The third-order valence-corrected chi connectivity index (χ3v) is 2.17.